The molecule has 1 aromatic heterocycles. The van der Waals surface area contributed by atoms with Crippen LogP contribution in [0, 0.1) is 0 Å². The van der Waals surface area contributed by atoms with E-state index in [1.165, 1.54) is 0 Å². The Kier molecular flexibility index (Phi) is 5.12. The third-order valence-electron chi connectivity index (χ3n) is 4.56. The number of benzene rings is 1. The minimum atomic E-state index is -0.0143. The van der Waals surface area contributed by atoms with E-state index in [0.29, 0.717) is 18.0 Å². The highest BCUT2D eigenvalue weighted by atomic mass is 16.5. The second-order valence-corrected chi connectivity index (χ2v) is 6.09. The standard InChI is InChI=1S/C20H24N2O3/c1-4-6-16-8-9-18(19(13-16)24-3)25-14-20(23)22-12-11-21-10-5-7-17(21)15(22)2/h4-10,13,15H,11-12,14H2,1-3H3. The van der Waals surface area contributed by atoms with E-state index in [-0.39, 0.29) is 18.6 Å². The molecule has 3 rings (SSSR count). The van der Waals surface area contributed by atoms with Gasteiger partial charge >= 0.3 is 0 Å². The van der Waals surface area contributed by atoms with Crippen LogP contribution in [0.1, 0.15) is 31.1 Å². The van der Waals surface area contributed by atoms with Crippen molar-refractivity contribution in [3.8, 4) is 11.5 Å². The van der Waals surface area contributed by atoms with Crippen LogP contribution < -0.4 is 9.47 Å². The second kappa shape index (κ2) is 7.47. The van der Waals surface area contributed by atoms with Crippen LogP contribution in [-0.4, -0.2) is 35.6 Å². The average molecular weight is 340 g/mol. The van der Waals surface area contributed by atoms with Crippen molar-refractivity contribution >= 4 is 12.0 Å². The minimum Gasteiger partial charge on any atom is -0.493 e. The Hall–Kier alpha value is -2.69. The van der Waals surface area contributed by atoms with Crippen molar-refractivity contribution in [1.29, 1.82) is 0 Å². The van der Waals surface area contributed by atoms with Gasteiger partial charge < -0.3 is 18.9 Å². The molecule has 5 heteroatoms. The number of allylic oxidation sites excluding steroid dienone is 1. The van der Waals surface area contributed by atoms with Crippen LogP contribution in [0.25, 0.3) is 6.08 Å². The molecule has 25 heavy (non-hydrogen) atoms. The highest BCUT2D eigenvalue weighted by molar-refractivity contribution is 5.78. The first-order chi connectivity index (χ1) is 12.1. The first-order valence-corrected chi connectivity index (χ1v) is 8.52. The smallest absolute Gasteiger partial charge is 0.261 e. The fourth-order valence-electron chi connectivity index (χ4n) is 3.24. The molecule has 0 spiro atoms. The highest BCUT2D eigenvalue weighted by Crippen LogP contribution is 2.29. The quantitative estimate of drug-likeness (QED) is 0.836. The Bertz CT molecular complexity index is 779. The minimum absolute atomic E-state index is 0.00434. The topological polar surface area (TPSA) is 43.7 Å². The van der Waals surface area contributed by atoms with Crippen molar-refractivity contribution in [3.05, 3.63) is 53.9 Å². The maximum absolute atomic E-state index is 12.6. The zero-order chi connectivity index (χ0) is 17.8. The van der Waals surface area contributed by atoms with Gasteiger partial charge in [-0.05, 0) is 43.7 Å². The van der Waals surface area contributed by atoms with Gasteiger partial charge in [-0.15, -0.1) is 0 Å². The molecular formula is C20H24N2O3. The maximum Gasteiger partial charge on any atom is 0.261 e. The Morgan fingerprint density at radius 3 is 2.88 bits per heavy atom. The number of fused-ring (bicyclic) bond motifs is 1. The van der Waals surface area contributed by atoms with Gasteiger partial charge in [-0.1, -0.05) is 18.2 Å². The summed E-state index contributed by atoms with van der Waals surface area (Å²) in [4.78, 5) is 14.5. The van der Waals surface area contributed by atoms with Crippen molar-refractivity contribution in [1.82, 2.24) is 9.47 Å². The Morgan fingerprint density at radius 2 is 2.12 bits per heavy atom. The van der Waals surface area contributed by atoms with Crippen LogP contribution in [0.4, 0.5) is 0 Å². The molecule has 0 bridgehead atoms. The van der Waals surface area contributed by atoms with E-state index in [1.54, 1.807) is 7.11 Å². The third kappa shape index (κ3) is 3.55. The fourth-order valence-corrected chi connectivity index (χ4v) is 3.24. The molecule has 0 fully saturated rings. The first-order valence-electron chi connectivity index (χ1n) is 8.52. The summed E-state index contributed by atoms with van der Waals surface area (Å²) < 4.78 is 13.3. The molecule has 0 saturated heterocycles. The predicted octanol–water partition coefficient (Wildman–Crippen LogP) is 3.51. The van der Waals surface area contributed by atoms with Crippen LogP contribution in [0.5, 0.6) is 11.5 Å². The Balaban J connectivity index is 1.67. The van der Waals surface area contributed by atoms with Gasteiger partial charge in [0.05, 0.1) is 13.2 Å². The molecule has 132 valence electrons. The number of rotatable bonds is 5. The van der Waals surface area contributed by atoms with Gasteiger partial charge in [0.2, 0.25) is 0 Å². The summed E-state index contributed by atoms with van der Waals surface area (Å²) in [6, 6.07) is 9.82. The molecule has 0 radical (unpaired) electrons. The number of nitrogens with zero attached hydrogens (tertiary/aromatic N) is 2. The monoisotopic (exact) mass is 340 g/mol. The summed E-state index contributed by atoms with van der Waals surface area (Å²) in [6.45, 7) is 5.54. The average Bonchev–Trinajstić information content (AvgIpc) is 3.10. The largest absolute Gasteiger partial charge is 0.493 e. The van der Waals surface area contributed by atoms with Crippen molar-refractivity contribution in [2.45, 2.75) is 26.4 Å². The van der Waals surface area contributed by atoms with Gasteiger partial charge in [0, 0.05) is 25.0 Å². The third-order valence-corrected chi connectivity index (χ3v) is 4.56. The summed E-state index contributed by atoms with van der Waals surface area (Å²) in [5.41, 5.74) is 2.19. The number of ether oxygens (including phenoxy) is 2. The molecule has 2 heterocycles. The van der Waals surface area contributed by atoms with Crippen molar-refractivity contribution in [3.63, 3.8) is 0 Å². The lowest BCUT2D eigenvalue weighted by Crippen LogP contribution is -2.42. The number of aromatic nitrogens is 1. The summed E-state index contributed by atoms with van der Waals surface area (Å²) in [6.07, 6.45) is 6.01. The lowest BCUT2D eigenvalue weighted by atomic mass is 10.1. The molecule has 1 unspecified atom stereocenters. The van der Waals surface area contributed by atoms with Crippen molar-refractivity contribution in [2.24, 2.45) is 0 Å². The van der Waals surface area contributed by atoms with Gasteiger partial charge in [-0.2, -0.15) is 0 Å². The Labute approximate surface area is 148 Å². The fraction of sp³-hybridized carbons (Fsp3) is 0.350. The normalized spacial score (nSPS) is 16.8. The molecule has 1 amide bonds. The molecule has 0 N–H and O–H groups in total. The molecule has 1 aliphatic heterocycles. The van der Waals surface area contributed by atoms with Gasteiger partial charge in [0.1, 0.15) is 0 Å². The van der Waals surface area contributed by atoms with E-state index >= 15 is 0 Å². The summed E-state index contributed by atoms with van der Waals surface area (Å²) in [5.74, 6) is 1.20. The van der Waals surface area contributed by atoms with E-state index in [2.05, 4.69) is 23.8 Å². The molecule has 1 aliphatic rings. The predicted molar refractivity (Wildman–Crippen MR) is 97.8 cm³/mol. The summed E-state index contributed by atoms with van der Waals surface area (Å²) >= 11 is 0. The number of amides is 1. The molecule has 0 aliphatic carbocycles. The zero-order valence-electron chi connectivity index (χ0n) is 14.9. The molecule has 2 aromatic rings. The number of hydrogen-bond donors (Lipinski definition) is 0. The number of methoxy groups -OCH3 is 1. The Morgan fingerprint density at radius 1 is 1.28 bits per heavy atom. The molecule has 1 aromatic carbocycles. The van der Waals surface area contributed by atoms with E-state index in [9.17, 15) is 4.79 Å². The first kappa shape index (κ1) is 17.1. The van der Waals surface area contributed by atoms with Crippen LogP contribution in [0.15, 0.2) is 42.6 Å². The van der Waals surface area contributed by atoms with Gasteiger partial charge in [-0.25, -0.2) is 0 Å². The molecular weight excluding hydrogens is 316 g/mol. The number of carbonyl (C=O) groups is 1. The van der Waals surface area contributed by atoms with Gasteiger partial charge in [0.25, 0.3) is 5.91 Å². The van der Waals surface area contributed by atoms with E-state index in [4.69, 9.17) is 9.47 Å². The van der Waals surface area contributed by atoms with Crippen LogP contribution >= 0.6 is 0 Å². The number of hydrogen-bond acceptors (Lipinski definition) is 3. The van der Waals surface area contributed by atoms with E-state index in [1.807, 2.05) is 48.2 Å². The SMILES string of the molecule is CC=Cc1ccc(OCC(=O)N2CCn3cccc3C2C)c(OC)c1. The van der Waals surface area contributed by atoms with E-state index in [0.717, 1.165) is 17.8 Å². The lowest BCUT2D eigenvalue weighted by molar-refractivity contribution is -0.136. The van der Waals surface area contributed by atoms with Crippen molar-refractivity contribution < 1.29 is 14.3 Å². The summed E-state index contributed by atoms with van der Waals surface area (Å²) in [5, 5.41) is 0. The number of carbonyl (C=O) groups excluding carboxylic acids is 1. The molecule has 5 nitrogen and oxygen atoms in total. The zero-order valence-corrected chi connectivity index (χ0v) is 14.9. The van der Waals surface area contributed by atoms with Gasteiger partial charge in [0.15, 0.2) is 18.1 Å². The molecule has 0 saturated carbocycles. The van der Waals surface area contributed by atoms with Crippen molar-refractivity contribution in [2.75, 3.05) is 20.3 Å². The maximum atomic E-state index is 12.6. The highest BCUT2D eigenvalue weighted by Gasteiger charge is 2.27. The van der Waals surface area contributed by atoms with E-state index < -0.39 is 0 Å². The van der Waals surface area contributed by atoms with Crippen LogP contribution in [0.2, 0.25) is 0 Å². The van der Waals surface area contributed by atoms with Crippen LogP contribution in [-0.2, 0) is 11.3 Å². The van der Waals surface area contributed by atoms with Crippen LogP contribution in [0.3, 0.4) is 0 Å². The summed E-state index contributed by atoms with van der Waals surface area (Å²) in [7, 11) is 1.60. The second-order valence-electron chi connectivity index (χ2n) is 6.09. The van der Waals surface area contributed by atoms with Gasteiger partial charge in [-0.3, -0.25) is 4.79 Å². The molecule has 1 atom stereocenters. The lowest BCUT2D eigenvalue weighted by Gasteiger charge is -2.34.